The highest BCUT2D eigenvalue weighted by atomic mass is 19.4. The number of alkyl halides is 7. The van der Waals surface area contributed by atoms with Crippen LogP contribution in [0.15, 0.2) is 53.8 Å². The fourth-order valence-electron chi connectivity index (χ4n) is 6.54. The molecule has 1 aromatic rings. The molecule has 2 heterocycles. The van der Waals surface area contributed by atoms with Gasteiger partial charge >= 0.3 is 12.4 Å². The van der Waals surface area contributed by atoms with Crippen molar-refractivity contribution in [3.8, 4) is 0 Å². The van der Waals surface area contributed by atoms with Crippen molar-refractivity contribution in [2.75, 3.05) is 19.6 Å². The Kier molecular flexibility index (Phi) is 7.39. The van der Waals surface area contributed by atoms with Gasteiger partial charge in [-0.2, -0.15) is 26.3 Å². The lowest BCUT2D eigenvalue weighted by molar-refractivity contribution is -0.144. The van der Waals surface area contributed by atoms with E-state index in [1.165, 1.54) is 19.9 Å². The molecule has 0 spiro atoms. The molecule has 2 aliphatic heterocycles. The first kappa shape index (κ1) is 29.4. The van der Waals surface area contributed by atoms with E-state index in [2.05, 4.69) is 4.90 Å². The second-order valence-electron chi connectivity index (χ2n) is 11.8. The molecule has 4 nitrogen and oxygen atoms in total. The number of nitrogens with zero attached hydrogens (tertiary/aromatic N) is 2. The zero-order valence-electron chi connectivity index (χ0n) is 22.7. The maximum atomic E-state index is 14.6. The van der Waals surface area contributed by atoms with Gasteiger partial charge in [-0.1, -0.05) is 12.2 Å². The first-order chi connectivity index (χ1) is 19.0. The number of amides is 1. The van der Waals surface area contributed by atoms with Crippen molar-refractivity contribution in [2.45, 2.75) is 69.5 Å². The molecule has 0 aromatic heterocycles. The summed E-state index contributed by atoms with van der Waals surface area (Å²) in [5.41, 5.74) is -3.24. The van der Waals surface area contributed by atoms with E-state index in [-0.39, 0.29) is 42.2 Å². The van der Waals surface area contributed by atoms with Gasteiger partial charge in [0.25, 0.3) is 0 Å². The molecule has 0 bridgehead atoms. The average molecular weight is 585 g/mol. The van der Waals surface area contributed by atoms with Gasteiger partial charge in [-0.25, -0.2) is 4.39 Å². The standard InChI is InChI=1S/C30H31F7N2O2/c1-17(20-11-21(29(32,33)34)13-22(12-20)30(35,36)37)27(41)39-10-7-19-15-38(23-3-4-24(40)14-23)16-25(19)26(39)18-5-8-28(2,31)9-6-18/h5-6,8,11-14,17,19,25-26H,3-4,7,9-10,15-16H2,1-2H3/t17?,19-,25?,26+,28?/m1/s1. The molecule has 0 saturated carbocycles. The van der Waals surface area contributed by atoms with Crippen molar-refractivity contribution in [1.82, 2.24) is 9.80 Å². The van der Waals surface area contributed by atoms with Crippen molar-refractivity contribution in [3.05, 3.63) is 70.5 Å². The summed E-state index contributed by atoms with van der Waals surface area (Å²) in [7, 11) is 0. The molecular formula is C30H31F7N2O2. The van der Waals surface area contributed by atoms with Crippen LogP contribution in [0.1, 0.15) is 62.1 Å². The van der Waals surface area contributed by atoms with Crippen LogP contribution >= 0.6 is 0 Å². The lowest BCUT2D eigenvalue weighted by atomic mass is 9.76. The van der Waals surface area contributed by atoms with Crippen molar-refractivity contribution in [2.24, 2.45) is 11.8 Å². The van der Waals surface area contributed by atoms with Crippen LogP contribution in [-0.4, -0.2) is 52.8 Å². The van der Waals surface area contributed by atoms with Crippen molar-refractivity contribution in [3.63, 3.8) is 0 Å². The van der Waals surface area contributed by atoms with Crippen LogP contribution in [0, 0.1) is 11.8 Å². The number of piperidine rings is 1. The Morgan fingerprint density at radius 1 is 1.02 bits per heavy atom. The number of hydrogen-bond acceptors (Lipinski definition) is 3. The smallest absolute Gasteiger partial charge is 0.374 e. The monoisotopic (exact) mass is 584 g/mol. The summed E-state index contributed by atoms with van der Waals surface area (Å²) in [5, 5.41) is 0. The van der Waals surface area contributed by atoms with Crippen molar-refractivity contribution >= 4 is 11.7 Å². The molecular weight excluding hydrogens is 553 g/mol. The van der Waals surface area contributed by atoms with E-state index >= 15 is 0 Å². The minimum absolute atomic E-state index is 0.0517. The van der Waals surface area contributed by atoms with Gasteiger partial charge in [-0.3, -0.25) is 9.59 Å². The highest BCUT2D eigenvalue weighted by Gasteiger charge is 2.48. The molecule has 5 rings (SSSR count). The SMILES string of the molecule is CC(C(=O)N1CC[C@@H]2CN(C3=CC(=O)CC3)CC2[C@@H]1C1=CCC(C)(F)C=C1)c1cc(C(F)(F)F)cc(C(F)(F)F)c1. The van der Waals surface area contributed by atoms with E-state index in [0.717, 1.165) is 5.70 Å². The van der Waals surface area contributed by atoms with Crippen LogP contribution in [0.3, 0.4) is 0 Å². The molecule has 0 N–H and O–H groups in total. The summed E-state index contributed by atoms with van der Waals surface area (Å²) in [6, 6.07) is 0.728. The molecule has 3 unspecified atom stereocenters. The molecule has 1 amide bonds. The van der Waals surface area contributed by atoms with Crippen molar-refractivity contribution < 1.29 is 40.3 Å². The highest BCUT2D eigenvalue weighted by molar-refractivity contribution is 5.92. The van der Waals surface area contributed by atoms with Gasteiger partial charge in [0.05, 0.1) is 23.1 Å². The molecule has 0 radical (unpaired) electrons. The van der Waals surface area contributed by atoms with Gasteiger partial charge in [0, 0.05) is 50.2 Å². The molecule has 1 aromatic carbocycles. The number of hydrogen-bond donors (Lipinski definition) is 0. The Morgan fingerprint density at radius 2 is 1.68 bits per heavy atom. The number of allylic oxidation sites excluding steroid dienone is 4. The molecule has 41 heavy (non-hydrogen) atoms. The number of carbonyl (C=O) groups excluding carboxylic acids is 2. The van der Waals surface area contributed by atoms with Crippen LogP contribution in [0.2, 0.25) is 0 Å². The van der Waals surface area contributed by atoms with Crippen molar-refractivity contribution in [1.29, 1.82) is 0 Å². The number of rotatable bonds is 4. The van der Waals surface area contributed by atoms with Gasteiger partial charge in [-0.15, -0.1) is 0 Å². The zero-order valence-corrected chi connectivity index (χ0v) is 22.7. The largest absolute Gasteiger partial charge is 0.416 e. The van der Waals surface area contributed by atoms with Gasteiger partial charge in [0.1, 0.15) is 5.67 Å². The van der Waals surface area contributed by atoms with Crippen LogP contribution in [0.5, 0.6) is 0 Å². The van der Waals surface area contributed by atoms with Crippen LogP contribution in [0.25, 0.3) is 0 Å². The summed E-state index contributed by atoms with van der Waals surface area (Å²) in [4.78, 5) is 29.5. The van der Waals surface area contributed by atoms with E-state index < -0.39 is 47.0 Å². The fourth-order valence-corrected chi connectivity index (χ4v) is 6.54. The molecule has 4 aliphatic rings. The first-order valence-electron chi connectivity index (χ1n) is 13.7. The number of benzene rings is 1. The lowest BCUT2D eigenvalue weighted by Gasteiger charge is -2.45. The maximum Gasteiger partial charge on any atom is 0.416 e. The summed E-state index contributed by atoms with van der Waals surface area (Å²) >= 11 is 0. The van der Waals surface area contributed by atoms with E-state index in [0.29, 0.717) is 50.1 Å². The third kappa shape index (κ3) is 5.95. The summed E-state index contributed by atoms with van der Waals surface area (Å²) in [6.07, 6.45) is -1.90. The Morgan fingerprint density at radius 3 is 2.22 bits per heavy atom. The number of ketones is 1. The van der Waals surface area contributed by atoms with Crippen LogP contribution < -0.4 is 0 Å². The van der Waals surface area contributed by atoms with Gasteiger partial charge in [0.15, 0.2) is 5.78 Å². The van der Waals surface area contributed by atoms with Gasteiger partial charge in [-0.05, 0) is 68.0 Å². The van der Waals surface area contributed by atoms with E-state index in [4.69, 9.17) is 0 Å². The second kappa shape index (κ2) is 10.3. The Labute approximate surface area is 233 Å². The predicted octanol–water partition coefficient (Wildman–Crippen LogP) is 6.84. The van der Waals surface area contributed by atoms with Gasteiger partial charge < -0.3 is 9.80 Å². The predicted molar refractivity (Wildman–Crippen MR) is 137 cm³/mol. The third-order valence-electron chi connectivity index (χ3n) is 8.80. The van der Waals surface area contributed by atoms with E-state index in [1.54, 1.807) is 23.1 Å². The summed E-state index contributed by atoms with van der Waals surface area (Å²) in [6.45, 7) is 4.22. The van der Waals surface area contributed by atoms with E-state index in [1.807, 2.05) is 0 Å². The Bertz CT molecular complexity index is 1290. The minimum atomic E-state index is -5.03. The number of fused-ring (bicyclic) bond motifs is 1. The van der Waals surface area contributed by atoms with Gasteiger partial charge in [0.2, 0.25) is 5.91 Å². The maximum absolute atomic E-state index is 14.6. The molecule has 2 aliphatic carbocycles. The Hall–Kier alpha value is -3.11. The highest BCUT2D eigenvalue weighted by Crippen LogP contribution is 2.44. The lowest BCUT2D eigenvalue weighted by Crippen LogP contribution is -2.53. The number of carbonyl (C=O) groups is 2. The number of halogens is 7. The topological polar surface area (TPSA) is 40.6 Å². The van der Waals surface area contributed by atoms with Crippen LogP contribution in [-0.2, 0) is 21.9 Å². The minimum Gasteiger partial charge on any atom is -0.374 e. The molecule has 11 heteroatoms. The fraction of sp³-hybridized carbons (Fsp3) is 0.533. The first-order valence-corrected chi connectivity index (χ1v) is 13.7. The van der Waals surface area contributed by atoms with Crippen LogP contribution in [0.4, 0.5) is 30.7 Å². The van der Waals surface area contributed by atoms with E-state index in [9.17, 15) is 40.3 Å². The quantitative estimate of drug-likeness (QED) is 0.364. The zero-order chi connectivity index (χ0) is 29.9. The summed E-state index contributed by atoms with van der Waals surface area (Å²) in [5.74, 6) is -1.78. The Balaban J connectivity index is 1.49. The summed E-state index contributed by atoms with van der Waals surface area (Å²) < 4.78 is 95.7. The average Bonchev–Trinajstić information content (AvgIpc) is 3.52. The number of likely N-dealkylation sites (tertiary alicyclic amines) is 2. The second-order valence-corrected chi connectivity index (χ2v) is 11.8. The third-order valence-corrected chi connectivity index (χ3v) is 8.80. The molecule has 2 saturated heterocycles. The molecule has 5 atom stereocenters. The normalized spacial score (nSPS) is 29.4. The molecule has 2 fully saturated rings. The molecule has 222 valence electrons.